The molecule has 0 saturated heterocycles. The smallest absolute Gasteiger partial charge is 0.302 e. The molecule has 120 valence electrons. The van der Waals surface area contributed by atoms with E-state index < -0.39 is 0 Å². The van der Waals surface area contributed by atoms with E-state index in [1.165, 1.54) is 6.92 Å². The summed E-state index contributed by atoms with van der Waals surface area (Å²) >= 11 is 3.46. The number of alkyl halides is 1. The largest absolute Gasteiger partial charge is 0.491 e. The van der Waals surface area contributed by atoms with Gasteiger partial charge in [-0.25, -0.2) is 0 Å². The van der Waals surface area contributed by atoms with Gasteiger partial charge in [0.05, 0.1) is 17.5 Å². The van der Waals surface area contributed by atoms with E-state index in [0.29, 0.717) is 31.1 Å². The molecule has 1 aliphatic rings. The maximum Gasteiger partial charge on any atom is 0.302 e. The molecule has 0 amide bonds. The lowest BCUT2D eigenvalue weighted by Crippen LogP contribution is -2.15. The van der Waals surface area contributed by atoms with E-state index in [1.807, 2.05) is 0 Å². The van der Waals surface area contributed by atoms with Crippen LogP contribution in [0.15, 0.2) is 24.3 Å². The van der Waals surface area contributed by atoms with Crippen molar-refractivity contribution in [3.8, 4) is 5.75 Å². The van der Waals surface area contributed by atoms with Gasteiger partial charge < -0.3 is 14.2 Å². The van der Waals surface area contributed by atoms with Crippen molar-refractivity contribution in [2.45, 2.75) is 24.1 Å². The molecule has 22 heavy (non-hydrogen) atoms. The second-order valence-corrected chi connectivity index (χ2v) is 6.64. The zero-order valence-corrected chi connectivity index (χ0v) is 14.1. The highest BCUT2D eigenvalue weighted by molar-refractivity contribution is 9.10. The van der Waals surface area contributed by atoms with E-state index in [9.17, 15) is 9.59 Å². The third-order valence-electron chi connectivity index (χ3n) is 3.24. The fourth-order valence-corrected chi connectivity index (χ4v) is 2.29. The molecule has 1 fully saturated rings. The van der Waals surface area contributed by atoms with Crippen LogP contribution in [0.4, 0.5) is 0 Å². The first kappa shape index (κ1) is 17.0. The minimum atomic E-state index is -0.328. The summed E-state index contributed by atoms with van der Waals surface area (Å²) < 4.78 is 15.2. The maximum absolute atomic E-state index is 12.1. The van der Waals surface area contributed by atoms with Crippen LogP contribution >= 0.6 is 15.9 Å². The van der Waals surface area contributed by atoms with Gasteiger partial charge in [0.1, 0.15) is 19.0 Å². The third-order valence-corrected chi connectivity index (χ3v) is 4.39. The molecule has 0 radical (unpaired) electrons. The molecule has 1 aromatic carbocycles. The van der Waals surface area contributed by atoms with Crippen LogP contribution in [0.25, 0.3) is 0 Å². The predicted octanol–water partition coefficient (Wildman–Crippen LogP) is 2.76. The number of hydrogen-bond acceptors (Lipinski definition) is 5. The van der Waals surface area contributed by atoms with E-state index in [4.69, 9.17) is 14.2 Å². The van der Waals surface area contributed by atoms with Crippen LogP contribution in [0.3, 0.4) is 0 Å². The van der Waals surface area contributed by atoms with E-state index >= 15 is 0 Å². The summed E-state index contributed by atoms with van der Waals surface area (Å²) in [5.41, 5.74) is 0.694. The molecule has 2 rings (SSSR count). The Hall–Kier alpha value is -1.40. The molecule has 1 saturated carbocycles. The number of rotatable bonds is 9. The Kier molecular flexibility index (Phi) is 5.97. The lowest BCUT2D eigenvalue weighted by molar-refractivity contribution is -0.142. The second-order valence-electron chi connectivity index (χ2n) is 5.12. The quantitative estimate of drug-likeness (QED) is 0.289. The number of carbonyl (C=O) groups excluding carboxylic acids is 2. The monoisotopic (exact) mass is 370 g/mol. The minimum Gasteiger partial charge on any atom is -0.491 e. The normalized spacial score (nSPS) is 15.2. The molecule has 0 atom stereocenters. The molecule has 0 spiro atoms. The number of ketones is 1. The summed E-state index contributed by atoms with van der Waals surface area (Å²) in [5, 5.41) is 0. The molecular weight excluding hydrogens is 352 g/mol. The Balaban J connectivity index is 1.64. The first-order chi connectivity index (χ1) is 10.5. The van der Waals surface area contributed by atoms with E-state index in [2.05, 4.69) is 15.9 Å². The molecule has 0 unspecified atom stereocenters. The van der Waals surface area contributed by atoms with Crippen LogP contribution in [-0.4, -0.2) is 42.5 Å². The van der Waals surface area contributed by atoms with Gasteiger partial charge in [0.15, 0.2) is 5.78 Å². The van der Waals surface area contributed by atoms with Crippen LogP contribution in [-0.2, 0) is 14.3 Å². The maximum atomic E-state index is 12.1. The second kappa shape index (κ2) is 7.74. The van der Waals surface area contributed by atoms with Crippen molar-refractivity contribution < 1.29 is 23.8 Å². The fraction of sp³-hybridized carbons (Fsp3) is 0.500. The van der Waals surface area contributed by atoms with Gasteiger partial charge in [0.25, 0.3) is 0 Å². The van der Waals surface area contributed by atoms with Gasteiger partial charge in [-0.1, -0.05) is 15.9 Å². The number of halogens is 1. The van der Waals surface area contributed by atoms with Crippen LogP contribution in [0.1, 0.15) is 30.1 Å². The van der Waals surface area contributed by atoms with Crippen molar-refractivity contribution in [3.05, 3.63) is 29.8 Å². The SMILES string of the molecule is CC(=O)OCCOCCOc1ccc(C(=O)C2(Br)CC2)cc1. The van der Waals surface area contributed by atoms with Gasteiger partial charge in [-0.15, -0.1) is 0 Å². The average Bonchev–Trinajstić information content (AvgIpc) is 3.25. The van der Waals surface area contributed by atoms with Crippen LogP contribution in [0.2, 0.25) is 0 Å². The summed E-state index contributed by atoms with van der Waals surface area (Å²) in [6.07, 6.45) is 1.80. The molecule has 0 aliphatic heterocycles. The number of hydrogen-bond donors (Lipinski definition) is 0. The summed E-state index contributed by atoms with van der Waals surface area (Å²) in [4.78, 5) is 22.6. The molecule has 0 N–H and O–H groups in total. The average molecular weight is 371 g/mol. The van der Waals surface area contributed by atoms with Gasteiger partial charge >= 0.3 is 5.97 Å². The number of ether oxygens (including phenoxy) is 3. The molecule has 0 heterocycles. The van der Waals surface area contributed by atoms with Crippen molar-refractivity contribution in [2.75, 3.05) is 26.4 Å². The van der Waals surface area contributed by atoms with Gasteiger partial charge in [0.2, 0.25) is 0 Å². The summed E-state index contributed by atoms with van der Waals surface area (Å²) in [6.45, 7) is 2.77. The van der Waals surface area contributed by atoms with Gasteiger partial charge in [-0.3, -0.25) is 9.59 Å². The Bertz CT molecular complexity index is 522. The van der Waals surface area contributed by atoms with Crippen molar-refractivity contribution in [1.82, 2.24) is 0 Å². The highest BCUT2D eigenvalue weighted by Crippen LogP contribution is 2.46. The highest BCUT2D eigenvalue weighted by atomic mass is 79.9. The number of esters is 1. The van der Waals surface area contributed by atoms with E-state index in [1.54, 1.807) is 24.3 Å². The van der Waals surface area contributed by atoms with Crippen molar-refractivity contribution in [2.24, 2.45) is 0 Å². The summed E-state index contributed by atoms with van der Waals surface area (Å²) in [6, 6.07) is 7.12. The van der Waals surface area contributed by atoms with E-state index in [0.717, 1.165) is 12.8 Å². The highest BCUT2D eigenvalue weighted by Gasteiger charge is 2.47. The van der Waals surface area contributed by atoms with Crippen molar-refractivity contribution in [1.29, 1.82) is 0 Å². The lowest BCUT2D eigenvalue weighted by Gasteiger charge is -2.09. The summed E-state index contributed by atoms with van der Waals surface area (Å²) in [5.74, 6) is 0.512. The number of benzene rings is 1. The first-order valence-corrected chi connectivity index (χ1v) is 7.98. The van der Waals surface area contributed by atoms with Crippen molar-refractivity contribution in [3.63, 3.8) is 0 Å². The van der Waals surface area contributed by atoms with Crippen LogP contribution < -0.4 is 4.74 Å². The first-order valence-electron chi connectivity index (χ1n) is 7.19. The van der Waals surface area contributed by atoms with Gasteiger partial charge in [0, 0.05) is 12.5 Å². The molecule has 1 aromatic rings. The van der Waals surface area contributed by atoms with Crippen LogP contribution in [0.5, 0.6) is 5.75 Å². The Morgan fingerprint density at radius 2 is 1.73 bits per heavy atom. The van der Waals surface area contributed by atoms with E-state index in [-0.39, 0.29) is 22.7 Å². The van der Waals surface area contributed by atoms with Crippen LogP contribution in [0, 0.1) is 0 Å². The minimum absolute atomic E-state index is 0.132. The zero-order valence-electron chi connectivity index (χ0n) is 12.5. The molecule has 5 nitrogen and oxygen atoms in total. The fourth-order valence-electron chi connectivity index (χ4n) is 1.86. The zero-order chi connectivity index (χ0) is 16.0. The Labute approximate surface area is 138 Å². The molecule has 1 aliphatic carbocycles. The Morgan fingerprint density at radius 3 is 2.32 bits per heavy atom. The molecular formula is C16H19BrO5. The van der Waals surface area contributed by atoms with Crippen molar-refractivity contribution >= 4 is 27.7 Å². The molecule has 0 aromatic heterocycles. The number of carbonyl (C=O) groups is 2. The van der Waals surface area contributed by atoms with Gasteiger partial charge in [-0.05, 0) is 37.1 Å². The molecule has 6 heteroatoms. The lowest BCUT2D eigenvalue weighted by atomic mass is 10.1. The predicted molar refractivity (Wildman–Crippen MR) is 84.6 cm³/mol. The van der Waals surface area contributed by atoms with Gasteiger partial charge in [-0.2, -0.15) is 0 Å². The third kappa shape index (κ3) is 5.10. The summed E-state index contributed by atoms with van der Waals surface area (Å²) in [7, 11) is 0. The standard InChI is InChI=1S/C16H19BrO5/c1-12(18)21-10-8-20-9-11-22-14-4-2-13(3-5-14)15(19)16(17)6-7-16/h2-5H,6-11H2,1H3. The number of Topliss-reactive ketones (excluding diaryl/α,β-unsaturated/α-hetero) is 1. The topological polar surface area (TPSA) is 61.8 Å². The molecule has 0 bridgehead atoms. The Morgan fingerprint density at radius 1 is 1.09 bits per heavy atom.